The average molecular weight is 192 g/mol. The molecular formula is C12H20N2. The van der Waals surface area contributed by atoms with E-state index in [1.807, 2.05) is 13.8 Å². The van der Waals surface area contributed by atoms with Gasteiger partial charge in [0.15, 0.2) is 0 Å². The predicted molar refractivity (Wildman–Crippen MR) is 61.9 cm³/mol. The molecule has 1 aliphatic rings. The zero-order valence-corrected chi connectivity index (χ0v) is 9.59. The Morgan fingerprint density at radius 1 is 1.29 bits per heavy atom. The van der Waals surface area contributed by atoms with Crippen molar-refractivity contribution in [1.29, 1.82) is 0 Å². The zero-order valence-electron chi connectivity index (χ0n) is 9.59. The summed E-state index contributed by atoms with van der Waals surface area (Å²) in [4.78, 5) is 4.54. The molecule has 14 heavy (non-hydrogen) atoms. The van der Waals surface area contributed by atoms with Gasteiger partial charge in [0.1, 0.15) is 5.82 Å². The number of pyridine rings is 1. The van der Waals surface area contributed by atoms with Crippen LogP contribution in [0.3, 0.4) is 0 Å². The molecule has 0 aliphatic carbocycles. The number of aromatic nitrogens is 1. The van der Waals surface area contributed by atoms with E-state index in [2.05, 4.69) is 36.3 Å². The molecule has 0 saturated carbocycles. The van der Waals surface area contributed by atoms with E-state index in [9.17, 15) is 0 Å². The molecule has 0 atom stereocenters. The molecule has 78 valence electrons. The Balaban J connectivity index is 0.000000461. The maximum absolute atomic E-state index is 4.54. The van der Waals surface area contributed by atoms with Crippen LogP contribution >= 0.6 is 0 Å². The standard InChI is InChI=1S/C10H14N2.C2H6/c1-7(2)9-4-3-8-5-6-11-10(8)12-9;1-2/h3-4,7H,5-6H2,1-2H3,(H,11,12);1-2H3. The lowest BCUT2D eigenvalue weighted by atomic mass is 10.1. The minimum absolute atomic E-state index is 0.526. The Morgan fingerprint density at radius 2 is 2.00 bits per heavy atom. The van der Waals surface area contributed by atoms with Gasteiger partial charge in [-0.2, -0.15) is 0 Å². The molecular weight excluding hydrogens is 172 g/mol. The average Bonchev–Trinajstić information content (AvgIpc) is 2.67. The molecule has 2 rings (SSSR count). The Labute approximate surface area is 86.8 Å². The summed E-state index contributed by atoms with van der Waals surface area (Å²) in [5, 5.41) is 3.28. The number of nitrogens with zero attached hydrogens (tertiary/aromatic N) is 1. The molecule has 1 N–H and O–H groups in total. The van der Waals surface area contributed by atoms with Crippen LogP contribution in [0.5, 0.6) is 0 Å². The maximum Gasteiger partial charge on any atom is 0.129 e. The number of anilines is 1. The second kappa shape index (κ2) is 4.99. The van der Waals surface area contributed by atoms with Crippen molar-refractivity contribution < 1.29 is 0 Å². The number of hydrogen-bond acceptors (Lipinski definition) is 2. The predicted octanol–water partition coefficient (Wildman–Crippen LogP) is 3.20. The van der Waals surface area contributed by atoms with Gasteiger partial charge in [-0.05, 0) is 24.0 Å². The van der Waals surface area contributed by atoms with Crippen LogP contribution in [0.4, 0.5) is 5.82 Å². The maximum atomic E-state index is 4.54. The van der Waals surface area contributed by atoms with Crippen molar-refractivity contribution in [3.63, 3.8) is 0 Å². The van der Waals surface area contributed by atoms with Gasteiger partial charge in [-0.15, -0.1) is 0 Å². The van der Waals surface area contributed by atoms with Crippen LogP contribution in [0.1, 0.15) is 44.9 Å². The van der Waals surface area contributed by atoms with E-state index in [-0.39, 0.29) is 0 Å². The third kappa shape index (κ3) is 2.25. The highest BCUT2D eigenvalue weighted by Gasteiger charge is 2.12. The minimum atomic E-state index is 0.526. The fourth-order valence-electron chi connectivity index (χ4n) is 1.49. The molecule has 0 aromatic carbocycles. The van der Waals surface area contributed by atoms with Gasteiger partial charge in [0.05, 0.1) is 0 Å². The van der Waals surface area contributed by atoms with Gasteiger partial charge >= 0.3 is 0 Å². The highest BCUT2D eigenvalue weighted by molar-refractivity contribution is 5.49. The van der Waals surface area contributed by atoms with Crippen molar-refractivity contribution in [1.82, 2.24) is 4.98 Å². The first-order chi connectivity index (χ1) is 6.77. The van der Waals surface area contributed by atoms with Crippen LogP contribution in [-0.4, -0.2) is 11.5 Å². The van der Waals surface area contributed by atoms with Gasteiger partial charge in [0, 0.05) is 12.2 Å². The van der Waals surface area contributed by atoms with Crippen molar-refractivity contribution in [2.24, 2.45) is 0 Å². The lowest BCUT2D eigenvalue weighted by Gasteiger charge is -2.06. The fourth-order valence-corrected chi connectivity index (χ4v) is 1.49. The van der Waals surface area contributed by atoms with Crippen LogP contribution in [0.2, 0.25) is 0 Å². The Bertz CT molecular complexity index is 292. The molecule has 0 amide bonds. The summed E-state index contributed by atoms with van der Waals surface area (Å²) < 4.78 is 0. The summed E-state index contributed by atoms with van der Waals surface area (Å²) in [5.41, 5.74) is 2.54. The molecule has 0 saturated heterocycles. The first-order valence-electron chi connectivity index (χ1n) is 5.51. The number of hydrogen-bond donors (Lipinski definition) is 1. The first-order valence-corrected chi connectivity index (χ1v) is 5.51. The van der Waals surface area contributed by atoms with Gasteiger partial charge in [0.25, 0.3) is 0 Å². The minimum Gasteiger partial charge on any atom is -0.370 e. The summed E-state index contributed by atoms with van der Waals surface area (Å²) in [5.74, 6) is 1.62. The molecule has 2 heterocycles. The van der Waals surface area contributed by atoms with E-state index < -0.39 is 0 Å². The van der Waals surface area contributed by atoms with E-state index >= 15 is 0 Å². The fraction of sp³-hybridized carbons (Fsp3) is 0.583. The van der Waals surface area contributed by atoms with Gasteiger partial charge in [-0.1, -0.05) is 33.8 Å². The quantitative estimate of drug-likeness (QED) is 0.739. The zero-order chi connectivity index (χ0) is 10.6. The molecule has 0 fully saturated rings. The Kier molecular flexibility index (Phi) is 3.93. The van der Waals surface area contributed by atoms with Crippen LogP contribution in [0.15, 0.2) is 12.1 Å². The second-order valence-electron chi connectivity index (χ2n) is 3.58. The van der Waals surface area contributed by atoms with Crippen LogP contribution in [-0.2, 0) is 6.42 Å². The normalized spacial score (nSPS) is 12.9. The summed E-state index contributed by atoms with van der Waals surface area (Å²) >= 11 is 0. The van der Waals surface area contributed by atoms with Crippen molar-refractivity contribution in [2.45, 2.75) is 40.0 Å². The monoisotopic (exact) mass is 192 g/mol. The van der Waals surface area contributed by atoms with Crippen molar-refractivity contribution in [2.75, 3.05) is 11.9 Å². The molecule has 2 heteroatoms. The second-order valence-corrected chi connectivity index (χ2v) is 3.58. The molecule has 1 aromatic rings. The van der Waals surface area contributed by atoms with E-state index in [0.717, 1.165) is 18.8 Å². The largest absolute Gasteiger partial charge is 0.370 e. The van der Waals surface area contributed by atoms with Crippen LogP contribution < -0.4 is 5.32 Å². The summed E-state index contributed by atoms with van der Waals surface area (Å²) in [6, 6.07) is 4.33. The lowest BCUT2D eigenvalue weighted by molar-refractivity contribution is 0.824. The van der Waals surface area contributed by atoms with Crippen LogP contribution in [0.25, 0.3) is 0 Å². The van der Waals surface area contributed by atoms with Gasteiger partial charge < -0.3 is 5.32 Å². The Morgan fingerprint density at radius 3 is 2.64 bits per heavy atom. The summed E-state index contributed by atoms with van der Waals surface area (Å²) in [6.07, 6.45) is 1.13. The molecule has 0 spiro atoms. The number of nitrogens with one attached hydrogen (secondary N) is 1. The molecule has 1 aliphatic heterocycles. The van der Waals surface area contributed by atoms with E-state index in [4.69, 9.17) is 0 Å². The molecule has 1 aromatic heterocycles. The van der Waals surface area contributed by atoms with Gasteiger partial charge in [-0.3, -0.25) is 0 Å². The van der Waals surface area contributed by atoms with Crippen molar-refractivity contribution >= 4 is 5.82 Å². The smallest absolute Gasteiger partial charge is 0.129 e. The SMILES string of the molecule is CC.CC(C)c1ccc2c(n1)NCC2. The summed E-state index contributed by atoms with van der Waals surface area (Å²) in [7, 11) is 0. The third-order valence-corrected chi connectivity index (χ3v) is 2.28. The van der Waals surface area contributed by atoms with Crippen LogP contribution in [0, 0.1) is 0 Å². The van der Waals surface area contributed by atoms with Crippen molar-refractivity contribution in [3.05, 3.63) is 23.4 Å². The summed E-state index contributed by atoms with van der Waals surface area (Å²) in [6.45, 7) is 9.39. The first kappa shape index (κ1) is 11.0. The van der Waals surface area contributed by atoms with E-state index in [1.165, 1.54) is 11.3 Å². The number of fused-ring (bicyclic) bond motifs is 1. The molecule has 2 nitrogen and oxygen atoms in total. The third-order valence-electron chi connectivity index (χ3n) is 2.28. The van der Waals surface area contributed by atoms with Crippen molar-refractivity contribution in [3.8, 4) is 0 Å². The lowest BCUT2D eigenvalue weighted by Crippen LogP contribution is -1.97. The highest BCUT2D eigenvalue weighted by atomic mass is 15.0. The van der Waals surface area contributed by atoms with Gasteiger partial charge in [-0.25, -0.2) is 4.98 Å². The van der Waals surface area contributed by atoms with E-state index in [0.29, 0.717) is 5.92 Å². The highest BCUT2D eigenvalue weighted by Crippen LogP contribution is 2.22. The van der Waals surface area contributed by atoms with E-state index in [1.54, 1.807) is 0 Å². The molecule has 0 radical (unpaired) electrons. The van der Waals surface area contributed by atoms with Gasteiger partial charge in [0.2, 0.25) is 0 Å². The molecule has 0 bridgehead atoms. The Hall–Kier alpha value is -1.05. The topological polar surface area (TPSA) is 24.9 Å². The number of rotatable bonds is 1. The molecule has 0 unspecified atom stereocenters.